The molecule has 0 aliphatic rings. The molecule has 2 rings (SSSR count). The van der Waals surface area contributed by atoms with E-state index in [0.717, 1.165) is 16.9 Å². The van der Waals surface area contributed by atoms with Gasteiger partial charge in [0.15, 0.2) is 8.68 Å². The highest BCUT2D eigenvalue weighted by Crippen LogP contribution is 2.27. The number of benzene rings is 1. The summed E-state index contributed by atoms with van der Waals surface area (Å²) in [5, 5.41) is 0. The van der Waals surface area contributed by atoms with Gasteiger partial charge in [-0.1, -0.05) is 41.1 Å². The molecule has 2 aromatic rings. The Balaban J connectivity index is 2.23. The fourth-order valence-corrected chi connectivity index (χ4v) is 4.42. The van der Waals surface area contributed by atoms with Crippen LogP contribution in [-0.2, 0) is 16.6 Å². The van der Waals surface area contributed by atoms with Crippen LogP contribution in [-0.4, -0.2) is 31.4 Å². The van der Waals surface area contributed by atoms with E-state index in [2.05, 4.69) is 4.98 Å². The number of aromatic nitrogens is 1. The van der Waals surface area contributed by atoms with Crippen molar-refractivity contribution in [2.24, 2.45) is 0 Å². The Hall–Kier alpha value is -1.15. The minimum absolute atomic E-state index is 0.129. The lowest BCUT2D eigenvalue weighted by molar-refractivity contribution is 0.332. The molecule has 0 amide bonds. The van der Waals surface area contributed by atoms with Gasteiger partial charge < -0.3 is 4.74 Å². The topological polar surface area (TPSA) is 59.5 Å². The predicted molar refractivity (Wildman–Crippen MR) is 83.4 cm³/mol. The second-order valence-corrected chi connectivity index (χ2v) is 8.12. The van der Waals surface area contributed by atoms with E-state index < -0.39 is 10.0 Å². The second kappa shape index (κ2) is 6.74. The van der Waals surface area contributed by atoms with Gasteiger partial charge in [0.2, 0.25) is 0 Å². The molecule has 0 spiro atoms. The zero-order chi connectivity index (χ0) is 15.5. The Bertz CT molecular complexity index is 716. The van der Waals surface area contributed by atoms with Crippen LogP contribution in [0.25, 0.3) is 0 Å². The number of para-hydroxylation sites is 1. The number of hydrogen-bond acceptors (Lipinski definition) is 5. The summed E-state index contributed by atoms with van der Waals surface area (Å²) in [6.07, 6.45) is 1.27. The first-order valence-electron chi connectivity index (χ1n) is 6.23. The van der Waals surface area contributed by atoms with E-state index in [0.29, 0.717) is 12.4 Å². The van der Waals surface area contributed by atoms with Crippen LogP contribution in [0.2, 0.25) is 4.47 Å². The molecule has 8 heteroatoms. The summed E-state index contributed by atoms with van der Waals surface area (Å²) in [6, 6.07) is 7.37. The van der Waals surface area contributed by atoms with Crippen molar-refractivity contribution in [1.29, 1.82) is 0 Å². The number of nitrogens with zero attached hydrogens (tertiary/aromatic N) is 2. The van der Waals surface area contributed by atoms with Gasteiger partial charge in [-0.25, -0.2) is 13.4 Å². The molecule has 0 N–H and O–H groups in total. The lowest BCUT2D eigenvalue weighted by Crippen LogP contribution is -2.26. The number of ether oxygens (including phenoxy) is 1. The van der Waals surface area contributed by atoms with E-state index in [9.17, 15) is 8.42 Å². The molecule has 0 aliphatic carbocycles. The van der Waals surface area contributed by atoms with Gasteiger partial charge in [0.25, 0.3) is 10.0 Å². The molecule has 21 heavy (non-hydrogen) atoms. The third-order valence-electron chi connectivity index (χ3n) is 2.79. The van der Waals surface area contributed by atoms with Crippen molar-refractivity contribution < 1.29 is 13.2 Å². The number of halogens is 1. The van der Waals surface area contributed by atoms with Gasteiger partial charge in [0.1, 0.15) is 5.75 Å². The van der Waals surface area contributed by atoms with Crippen LogP contribution in [0.3, 0.4) is 0 Å². The van der Waals surface area contributed by atoms with Crippen molar-refractivity contribution in [3.8, 4) is 5.75 Å². The van der Waals surface area contributed by atoms with Gasteiger partial charge in [-0.2, -0.15) is 4.31 Å². The molecule has 1 aromatic heterocycles. The summed E-state index contributed by atoms with van der Waals surface area (Å²) in [4.78, 5) is 3.77. The van der Waals surface area contributed by atoms with E-state index in [1.165, 1.54) is 17.5 Å². The Morgan fingerprint density at radius 1 is 1.38 bits per heavy atom. The van der Waals surface area contributed by atoms with E-state index in [4.69, 9.17) is 16.3 Å². The first kappa shape index (κ1) is 16.2. The van der Waals surface area contributed by atoms with Gasteiger partial charge in [0, 0.05) is 19.2 Å². The molecule has 0 unspecified atom stereocenters. The zero-order valence-electron chi connectivity index (χ0n) is 11.6. The lowest BCUT2D eigenvalue weighted by Gasteiger charge is -2.17. The minimum Gasteiger partial charge on any atom is -0.494 e. The van der Waals surface area contributed by atoms with Crippen LogP contribution < -0.4 is 4.74 Å². The molecular weight excluding hydrogens is 332 g/mol. The molecule has 0 saturated carbocycles. The minimum atomic E-state index is -3.60. The highest BCUT2D eigenvalue weighted by Gasteiger charge is 2.24. The average Bonchev–Trinajstić information content (AvgIpc) is 2.88. The smallest absolute Gasteiger partial charge is 0.254 e. The maximum absolute atomic E-state index is 12.4. The number of thiazole rings is 1. The molecule has 0 aliphatic heterocycles. The SMILES string of the molecule is CCOc1ccccc1CN(C)S(=O)(=O)c1cnc(Cl)s1. The standard InChI is InChI=1S/C13H15ClN2O3S2/c1-3-19-11-7-5-4-6-10(11)9-16(2)21(17,18)12-8-15-13(14)20-12/h4-8H,3,9H2,1-2H3. The molecule has 0 atom stereocenters. The Kier molecular flexibility index (Phi) is 5.21. The Morgan fingerprint density at radius 2 is 2.10 bits per heavy atom. The summed E-state index contributed by atoms with van der Waals surface area (Å²) >= 11 is 6.64. The molecule has 0 saturated heterocycles. The van der Waals surface area contributed by atoms with Gasteiger partial charge in [0.05, 0.1) is 12.8 Å². The molecule has 1 heterocycles. The van der Waals surface area contributed by atoms with Crippen LogP contribution in [0.1, 0.15) is 12.5 Å². The summed E-state index contributed by atoms with van der Waals surface area (Å²) in [7, 11) is -2.08. The maximum Gasteiger partial charge on any atom is 0.254 e. The second-order valence-electron chi connectivity index (χ2n) is 4.23. The van der Waals surface area contributed by atoms with Crippen LogP contribution in [0.5, 0.6) is 5.75 Å². The molecular formula is C13H15ClN2O3S2. The summed E-state index contributed by atoms with van der Waals surface area (Å²) in [6.45, 7) is 2.63. The van der Waals surface area contributed by atoms with Gasteiger partial charge in [-0.15, -0.1) is 0 Å². The molecule has 0 fully saturated rings. The number of rotatable bonds is 6. The molecule has 1 aromatic carbocycles. The molecule has 5 nitrogen and oxygen atoms in total. The molecule has 114 valence electrons. The van der Waals surface area contributed by atoms with E-state index >= 15 is 0 Å². The highest BCUT2D eigenvalue weighted by molar-refractivity contribution is 7.91. The van der Waals surface area contributed by atoms with Crippen molar-refractivity contribution in [1.82, 2.24) is 9.29 Å². The first-order valence-corrected chi connectivity index (χ1v) is 8.87. The first-order chi connectivity index (χ1) is 9.95. The maximum atomic E-state index is 12.4. The molecule has 0 bridgehead atoms. The summed E-state index contributed by atoms with van der Waals surface area (Å²) in [5.41, 5.74) is 0.807. The summed E-state index contributed by atoms with van der Waals surface area (Å²) < 4.78 is 31.9. The lowest BCUT2D eigenvalue weighted by atomic mass is 10.2. The van der Waals surface area contributed by atoms with Crippen molar-refractivity contribution in [3.63, 3.8) is 0 Å². The van der Waals surface area contributed by atoms with E-state index in [1.807, 2.05) is 31.2 Å². The Labute approximate surface area is 133 Å². The van der Waals surface area contributed by atoms with Crippen LogP contribution in [0.4, 0.5) is 0 Å². The van der Waals surface area contributed by atoms with Crippen molar-refractivity contribution >= 4 is 33.0 Å². The largest absolute Gasteiger partial charge is 0.494 e. The quantitative estimate of drug-likeness (QED) is 0.806. The van der Waals surface area contributed by atoms with Crippen molar-refractivity contribution in [2.75, 3.05) is 13.7 Å². The van der Waals surface area contributed by atoms with Gasteiger partial charge in [-0.3, -0.25) is 0 Å². The monoisotopic (exact) mass is 346 g/mol. The van der Waals surface area contributed by atoms with Gasteiger partial charge in [-0.05, 0) is 13.0 Å². The van der Waals surface area contributed by atoms with E-state index in [-0.39, 0.29) is 15.2 Å². The summed E-state index contributed by atoms with van der Waals surface area (Å²) in [5.74, 6) is 0.685. The molecule has 0 radical (unpaired) electrons. The van der Waals surface area contributed by atoms with Crippen molar-refractivity contribution in [3.05, 3.63) is 40.5 Å². The zero-order valence-corrected chi connectivity index (χ0v) is 14.0. The predicted octanol–water partition coefficient (Wildman–Crippen LogP) is 3.02. The third-order valence-corrected chi connectivity index (χ3v) is 6.14. The van der Waals surface area contributed by atoms with Crippen LogP contribution in [0, 0.1) is 0 Å². The fraction of sp³-hybridized carbons (Fsp3) is 0.308. The average molecular weight is 347 g/mol. The van der Waals surface area contributed by atoms with Crippen molar-refractivity contribution in [2.45, 2.75) is 17.7 Å². The van der Waals surface area contributed by atoms with Gasteiger partial charge >= 0.3 is 0 Å². The number of hydrogen-bond donors (Lipinski definition) is 0. The Morgan fingerprint density at radius 3 is 2.71 bits per heavy atom. The third kappa shape index (κ3) is 3.74. The number of sulfonamides is 1. The van der Waals surface area contributed by atoms with Crippen LogP contribution >= 0.6 is 22.9 Å². The van der Waals surface area contributed by atoms with E-state index in [1.54, 1.807) is 0 Å². The normalized spacial score (nSPS) is 11.8. The highest BCUT2D eigenvalue weighted by atomic mass is 35.5. The fourth-order valence-electron chi connectivity index (χ4n) is 1.77. The van der Waals surface area contributed by atoms with Crippen LogP contribution in [0.15, 0.2) is 34.7 Å².